The van der Waals surface area contributed by atoms with Crippen LogP contribution in [0.5, 0.6) is 5.75 Å². The van der Waals surface area contributed by atoms with Gasteiger partial charge in [0.15, 0.2) is 5.13 Å². The smallest absolute Gasteiger partial charge is 0.265 e. The summed E-state index contributed by atoms with van der Waals surface area (Å²) in [6.07, 6.45) is 1.55. The van der Waals surface area contributed by atoms with E-state index in [4.69, 9.17) is 16.3 Å². The van der Waals surface area contributed by atoms with Crippen molar-refractivity contribution < 1.29 is 13.2 Å². The fraction of sp³-hybridized carbons (Fsp3) is 0.182. The molecule has 0 spiro atoms. The average Bonchev–Trinajstić information content (AvgIpc) is 2.91. The molecule has 1 heterocycles. The van der Waals surface area contributed by atoms with E-state index in [1.165, 1.54) is 43.7 Å². The Kier molecular flexibility index (Phi) is 3.98. The molecule has 0 N–H and O–H groups in total. The largest absolute Gasteiger partial charge is 0.495 e. The van der Waals surface area contributed by atoms with Crippen molar-refractivity contribution >= 4 is 38.1 Å². The lowest BCUT2D eigenvalue weighted by Crippen LogP contribution is -2.26. The summed E-state index contributed by atoms with van der Waals surface area (Å²) in [7, 11) is -0.748. The first-order valence-corrected chi connectivity index (χ1v) is 7.88. The van der Waals surface area contributed by atoms with Crippen molar-refractivity contribution in [3.05, 3.63) is 34.8 Å². The molecule has 0 aliphatic carbocycles. The number of ether oxygens (including phenoxy) is 1. The number of hydrogen-bond acceptors (Lipinski definition) is 5. The minimum absolute atomic E-state index is 0.0935. The molecule has 1 aromatic heterocycles. The summed E-state index contributed by atoms with van der Waals surface area (Å²) in [5.41, 5.74) is 0. The summed E-state index contributed by atoms with van der Waals surface area (Å²) in [5.74, 6) is 0.428. The van der Waals surface area contributed by atoms with Crippen molar-refractivity contribution in [1.29, 1.82) is 0 Å². The van der Waals surface area contributed by atoms with Crippen molar-refractivity contribution in [2.24, 2.45) is 0 Å². The van der Waals surface area contributed by atoms with Gasteiger partial charge in [-0.2, -0.15) is 0 Å². The van der Waals surface area contributed by atoms with Crippen LogP contribution in [0.25, 0.3) is 0 Å². The molecule has 0 aliphatic heterocycles. The number of thiazole rings is 1. The van der Waals surface area contributed by atoms with Crippen LogP contribution in [-0.2, 0) is 10.0 Å². The summed E-state index contributed by atoms with van der Waals surface area (Å²) in [4.78, 5) is 4.07. The van der Waals surface area contributed by atoms with Crippen molar-refractivity contribution in [1.82, 2.24) is 4.98 Å². The van der Waals surface area contributed by atoms with Gasteiger partial charge in [-0.15, -0.1) is 11.3 Å². The summed E-state index contributed by atoms with van der Waals surface area (Å²) >= 11 is 7.19. The van der Waals surface area contributed by atoms with Crippen LogP contribution in [0.2, 0.25) is 5.02 Å². The molecule has 2 rings (SSSR count). The number of sulfonamides is 1. The molecule has 0 saturated heterocycles. The summed E-state index contributed by atoms with van der Waals surface area (Å²) in [6.45, 7) is 0. The lowest BCUT2D eigenvalue weighted by atomic mass is 10.3. The van der Waals surface area contributed by atoms with Gasteiger partial charge in [0.05, 0.1) is 17.0 Å². The van der Waals surface area contributed by atoms with Crippen LogP contribution in [0.1, 0.15) is 0 Å². The molecule has 8 heteroatoms. The SMILES string of the molecule is COc1ccc(S(=O)(=O)N(C)c2nccs2)cc1Cl. The molecule has 0 atom stereocenters. The number of nitrogens with zero attached hydrogens (tertiary/aromatic N) is 2. The number of benzene rings is 1. The monoisotopic (exact) mass is 318 g/mol. The Labute approximate surface area is 120 Å². The quantitative estimate of drug-likeness (QED) is 0.869. The molecule has 0 fully saturated rings. The maximum Gasteiger partial charge on any atom is 0.265 e. The highest BCUT2D eigenvalue weighted by Gasteiger charge is 2.23. The van der Waals surface area contributed by atoms with Crippen molar-refractivity contribution in [2.45, 2.75) is 4.90 Å². The van der Waals surface area contributed by atoms with Crippen LogP contribution >= 0.6 is 22.9 Å². The zero-order valence-corrected chi connectivity index (χ0v) is 12.6. The van der Waals surface area contributed by atoms with Gasteiger partial charge in [-0.25, -0.2) is 17.7 Å². The van der Waals surface area contributed by atoms with E-state index in [0.717, 1.165) is 4.31 Å². The zero-order chi connectivity index (χ0) is 14.0. The highest BCUT2D eigenvalue weighted by molar-refractivity contribution is 7.93. The van der Waals surface area contributed by atoms with Gasteiger partial charge < -0.3 is 4.74 Å². The third-order valence-electron chi connectivity index (χ3n) is 2.47. The molecule has 0 saturated carbocycles. The van der Waals surface area contributed by atoms with Gasteiger partial charge in [0.25, 0.3) is 10.0 Å². The maximum atomic E-state index is 12.4. The average molecular weight is 319 g/mol. The van der Waals surface area contributed by atoms with E-state index in [1.54, 1.807) is 11.6 Å². The molecule has 19 heavy (non-hydrogen) atoms. The Morgan fingerprint density at radius 3 is 2.68 bits per heavy atom. The standard InChI is InChI=1S/C11H11ClN2O3S2/c1-14(11-13-5-6-18-11)19(15,16)8-3-4-10(17-2)9(12)7-8/h3-7H,1-2H3. The van der Waals surface area contributed by atoms with E-state index in [1.807, 2.05) is 0 Å². The Balaban J connectivity index is 2.42. The Morgan fingerprint density at radius 2 is 2.16 bits per heavy atom. The Bertz CT molecular complexity index is 671. The van der Waals surface area contributed by atoms with E-state index in [2.05, 4.69) is 4.98 Å². The fourth-order valence-electron chi connectivity index (χ4n) is 1.44. The lowest BCUT2D eigenvalue weighted by molar-refractivity contribution is 0.414. The number of methoxy groups -OCH3 is 1. The molecule has 102 valence electrons. The molecule has 2 aromatic rings. The van der Waals surface area contributed by atoms with Gasteiger partial charge in [-0.3, -0.25) is 0 Å². The van der Waals surface area contributed by atoms with Crippen LogP contribution in [0.4, 0.5) is 5.13 Å². The molecular weight excluding hydrogens is 308 g/mol. The van der Waals surface area contributed by atoms with Gasteiger partial charge in [0, 0.05) is 18.6 Å². The normalized spacial score (nSPS) is 11.3. The Morgan fingerprint density at radius 1 is 1.42 bits per heavy atom. The van der Waals surface area contributed by atoms with Crippen LogP contribution in [0.15, 0.2) is 34.7 Å². The van der Waals surface area contributed by atoms with Gasteiger partial charge in [0.2, 0.25) is 0 Å². The minimum atomic E-state index is -3.67. The lowest BCUT2D eigenvalue weighted by Gasteiger charge is -2.16. The molecule has 0 amide bonds. The topological polar surface area (TPSA) is 59.5 Å². The van der Waals surface area contributed by atoms with E-state index in [0.29, 0.717) is 10.9 Å². The summed E-state index contributed by atoms with van der Waals surface area (Å²) in [5, 5.41) is 2.35. The first-order chi connectivity index (χ1) is 8.96. The van der Waals surface area contributed by atoms with E-state index >= 15 is 0 Å². The molecule has 0 unspecified atom stereocenters. The van der Waals surface area contributed by atoms with Gasteiger partial charge >= 0.3 is 0 Å². The second-order valence-electron chi connectivity index (χ2n) is 3.58. The van der Waals surface area contributed by atoms with Crippen LogP contribution in [-0.4, -0.2) is 27.6 Å². The predicted molar refractivity (Wildman–Crippen MR) is 75.7 cm³/mol. The zero-order valence-electron chi connectivity index (χ0n) is 10.2. The van der Waals surface area contributed by atoms with E-state index in [-0.39, 0.29) is 9.92 Å². The molecule has 0 bridgehead atoms. The number of hydrogen-bond donors (Lipinski definition) is 0. The van der Waals surface area contributed by atoms with Crippen LogP contribution in [0.3, 0.4) is 0 Å². The number of aromatic nitrogens is 1. The molecular formula is C11H11ClN2O3S2. The Hall–Kier alpha value is -1.31. The van der Waals surface area contributed by atoms with E-state index < -0.39 is 10.0 Å². The van der Waals surface area contributed by atoms with Gasteiger partial charge in [0.1, 0.15) is 5.75 Å². The third-order valence-corrected chi connectivity index (χ3v) is 5.47. The third kappa shape index (κ3) is 2.68. The second kappa shape index (κ2) is 5.36. The second-order valence-corrected chi connectivity index (χ2v) is 6.83. The fourth-order valence-corrected chi connectivity index (χ4v) is 3.78. The van der Waals surface area contributed by atoms with Crippen molar-refractivity contribution in [2.75, 3.05) is 18.5 Å². The number of rotatable bonds is 4. The van der Waals surface area contributed by atoms with E-state index in [9.17, 15) is 8.42 Å². The minimum Gasteiger partial charge on any atom is -0.495 e. The van der Waals surface area contributed by atoms with Crippen LogP contribution < -0.4 is 9.04 Å². The molecule has 5 nitrogen and oxygen atoms in total. The number of halogens is 1. The van der Waals surface area contributed by atoms with Crippen LogP contribution in [0, 0.1) is 0 Å². The van der Waals surface area contributed by atoms with Gasteiger partial charge in [-0.05, 0) is 18.2 Å². The first kappa shape index (κ1) is 14.1. The van der Waals surface area contributed by atoms with Crippen molar-refractivity contribution in [3.8, 4) is 5.75 Å². The molecule has 0 radical (unpaired) electrons. The molecule has 0 aliphatic rings. The predicted octanol–water partition coefficient (Wildman–Crippen LogP) is 2.63. The highest BCUT2D eigenvalue weighted by atomic mass is 35.5. The molecule has 1 aromatic carbocycles. The highest BCUT2D eigenvalue weighted by Crippen LogP contribution is 2.30. The summed E-state index contributed by atoms with van der Waals surface area (Å²) in [6, 6.07) is 4.33. The number of anilines is 1. The maximum absolute atomic E-state index is 12.4. The van der Waals surface area contributed by atoms with Crippen molar-refractivity contribution in [3.63, 3.8) is 0 Å². The summed E-state index contributed by atoms with van der Waals surface area (Å²) < 4.78 is 30.9. The van der Waals surface area contributed by atoms with Gasteiger partial charge in [-0.1, -0.05) is 11.6 Å². The first-order valence-electron chi connectivity index (χ1n) is 5.19.